The van der Waals surface area contributed by atoms with Crippen molar-refractivity contribution in [1.29, 1.82) is 0 Å². The van der Waals surface area contributed by atoms with E-state index in [1.54, 1.807) is 0 Å². The van der Waals surface area contributed by atoms with Gasteiger partial charge in [-0.1, -0.05) is 178 Å². The van der Waals surface area contributed by atoms with Gasteiger partial charge in [0.1, 0.15) is 0 Å². The highest BCUT2D eigenvalue weighted by atomic mass is 32.1. The Balaban J connectivity index is 0.00000189. The van der Waals surface area contributed by atoms with Crippen molar-refractivity contribution in [2.45, 2.75) is 13.8 Å². The zero-order valence-corrected chi connectivity index (χ0v) is 31.8. The molecule has 56 heavy (non-hydrogen) atoms. The molecule has 3 heterocycles. The second kappa shape index (κ2) is 14.0. The fraction of sp³-hybridized carbons (Fsp3) is 0.0392. The SMILES string of the molecule is CC.c1ccc(-c2nc(-c3ccccc3)nc(-n3c4ccc5ccccc5c4c4cccc(-c5cccc(-c6cccc7c6sc6ccccc67)c5)c43)n2)cc1. The molecule has 0 aliphatic carbocycles. The molecule has 266 valence electrons. The Morgan fingerprint density at radius 2 is 0.982 bits per heavy atom. The van der Waals surface area contributed by atoms with Crippen LogP contribution in [0.3, 0.4) is 0 Å². The van der Waals surface area contributed by atoms with Crippen molar-refractivity contribution < 1.29 is 0 Å². The molecule has 0 saturated carbocycles. The van der Waals surface area contributed by atoms with Crippen LogP contribution >= 0.6 is 11.3 Å². The summed E-state index contributed by atoms with van der Waals surface area (Å²) in [6.07, 6.45) is 0. The molecule has 0 amide bonds. The highest BCUT2D eigenvalue weighted by molar-refractivity contribution is 7.26. The maximum Gasteiger partial charge on any atom is 0.238 e. The van der Waals surface area contributed by atoms with Crippen molar-refractivity contribution in [3.05, 3.63) is 182 Å². The number of fused-ring (bicyclic) bond motifs is 8. The Hall–Kier alpha value is -6.95. The summed E-state index contributed by atoms with van der Waals surface area (Å²) < 4.78 is 4.87. The van der Waals surface area contributed by atoms with Crippen LogP contribution in [-0.4, -0.2) is 19.5 Å². The van der Waals surface area contributed by atoms with Crippen molar-refractivity contribution in [3.63, 3.8) is 0 Å². The zero-order chi connectivity index (χ0) is 37.6. The first-order chi connectivity index (χ1) is 27.8. The van der Waals surface area contributed by atoms with Gasteiger partial charge in [0, 0.05) is 47.6 Å². The summed E-state index contributed by atoms with van der Waals surface area (Å²) in [5, 5.41) is 7.32. The maximum atomic E-state index is 5.25. The first kappa shape index (κ1) is 33.6. The second-order valence-electron chi connectivity index (χ2n) is 13.6. The van der Waals surface area contributed by atoms with E-state index >= 15 is 0 Å². The van der Waals surface area contributed by atoms with Gasteiger partial charge in [-0.25, -0.2) is 4.98 Å². The number of hydrogen-bond acceptors (Lipinski definition) is 4. The Morgan fingerprint density at radius 3 is 1.71 bits per heavy atom. The standard InChI is InChI=1S/C49H30N4S.C2H6/c1-3-15-32(16-4-1)47-50-48(33-17-5-2-6-18-33)52-49(51-47)53-42-29-28-31-14-7-8-21-36(31)44(42)41-26-12-23-37(45(41)53)34-19-11-20-35(30-34)38-24-13-25-40-39-22-9-10-27-43(39)54-46(38)40;1-2/h1-30H;1-2H3. The van der Waals surface area contributed by atoms with Gasteiger partial charge in [0.05, 0.1) is 11.0 Å². The summed E-state index contributed by atoms with van der Waals surface area (Å²) in [6, 6.07) is 64.4. The van der Waals surface area contributed by atoms with Crippen LogP contribution in [0.1, 0.15) is 13.8 Å². The smallest absolute Gasteiger partial charge is 0.238 e. The highest BCUT2D eigenvalue weighted by Gasteiger charge is 2.22. The summed E-state index contributed by atoms with van der Waals surface area (Å²) in [6.45, 7) is 4.00. The van der Waals surface area contributed by atoms with Gasteiger partial charge in [-0.3, -0.25) is 4.57 Å². The van der Waals surface area contributed by atoms with Crippen molar-refractivity contribution in [3.8, 4) is 51.0 Å². The molecule has 0 spiro atoms. The minimum atomic E-state index is 0.580. The Kier molecular flexibility index (Phi) is 8.42. The summed E-state index contributed by atoms with van der Waals surface area (Å²) in [5.41, 5.74) is 8.66. The molecule has 0 radical (unpaired) electrons. The monoisotopic (exact) mass is 736 g/mol. The molecule has 0 aliphatic rings. The molecule has 0 N–H and O–H groups in total. The lowest BCUT2D eigenvalue weighted by molar-refractivity contribution is 0.954. The van der Waals surface area contributed by atoms with Gasteiger partial charge in [-0.2, -0.15) is 9.97 Å². The van der Waals surface area contributed by atoms with E-state index in [2.05, 4.69) is 150 Å². The lowest BCUT2D eigenvalue weighted by atomic mass is 9.96. The normalized spacial score (nSPS) is 11.4. The van der Waals surface area contributed by atoms with Crippen molar-refractivity contribution in [2.75, 3.05) is 0 Å². The number of benzene rings is 8. The highest BCUT2D eigenvalue weighted by Crippen LogP contribution is 2.43. The number of rotatable bonds is 5. The van der Waals surface area contributed by atoms with Crippen LogP contribution in [0.5, 0.6) is 0 Å². The van der Waals surface area contributed by atoms with Crippen LogP contribution in [0.4, 0.5) is 0 Å². The molecule has 11 aromatic rings. The summed E-state index contributed by atoms with van der Waals surface area (Å²) in [5.74, 6) is 1.84. The van der Waals surface area contributed by atoms with E-state index in [4.69, 9.17) is 15.0 Å². The van der Waals surface area contributed by atoms with Crippen molar-refractivity contribution >= 4 is 64.1 Å². The molecule has 3 aromatic heterocycles. The van der Waals surface area contributed by atoms with Crippen molar-refractivity contribution in [2.24, 2.45) is 0 Å². The Labute approximate surface area is 329 Å². The molecule has 0 aliphatic heterocycles. The quantitative estimate of drug-likeness (QED) is 0.177. The lowest BCUT2D eigenvalue weighted by Crippen LogP contribution is -2.07. The molecule has 0 fully saturated rings. The molecule has 8 aromatic carbocycles. The summed E-state index contributed by atoms with van der Waals surface area (Å²) >= 11 is 1.86. The maximum absolute atomic E-state index is 5.25. The second-order valence-corrected chi connectivity index (χ2v) is 14.6. The minimum absolute atomic E-state index is 0.580. The lowest BCUT2D eigenvalue weighted by Gasteiger charge is -2.13. The average molecular weight is 737 g/mol. The molecular formula is C51H36N4S. The van der Waals surface area contributed by atoms with Gasteiger partial charge < -0.3 is 0 Å². The van der Waals surface area contributed by atoms with Crippen molar-refractivity contribution in [1.82, 2.24) is 19.5 Å². The van der Waals surface area contributed by atoms with Gasteiger partial charge in [-0.15, -0.1) is 11.3 Å². The van der Waals surface area contributed by atoms with Crippen LogP contribution in [0, 0.1) is 0 Å². The van der Waals surface area contributed by atoms with E-state index in [0.29, 0.717) is 17.6 Å². The fourth-order valence-corrected chi connectivity index (χ4v) is 9.24. The van der Waals surface area contributed by atoms with Gasteiger partial charge in [0.15, 0.2) is 11.6 Å². The van der Waals surface area contributed by atoms with Gasteiger partial charge in [0.2, 0.25) is 5.95 Å². The van der Waals surface area contributed by atoms with E-state index in [9.17, 15) is 0 Å². The minimum Gasteiger partial charge on any atom is -0.277 e. The number of thiophene rings is 1. The number of aromatic nitrogens is 4. The number of hydrogen-bond donors (Lipinski definition) is 0. The topological polar surface area (TPSA) is 43.6 Å². The predicted molar refractivity (Wildman–Crippen MR) is 238 cm³/mol. The molecule has 4 nitrogen and oxygen atoms in total. The van der Waals surface area contributed by atoms with E-state index in [-0.39, 0.29) is 0 Å². The Bertz CT molecular complexity index is 3160. The first-order valence-corrected chi connectivity index (χ1v) is 19.9. The Morgan fingerprint density at radius 1 is 0.429 bits per heavy atom. The molecule has 0 unspecified atom stereocenters. The molecule has 0 atom stereocenters. The summed E-state index contributed by atoms with van der Waals surface area (Å²) in [7, 11) is 0. The third-order valence-electron chi connectivity index (χ3n) is 10.5. The van der Waals surface area contributed by atoms with Gasteiger partial charge in [-0.05, 0) is 45.7 Å². The van der Waals surface area contributed by atoms with E-state index in [1.807, 2.05) is 61.6 Å². The zero-order valence-electron chi connectivity index (χ0n) is 31.0. The molecule has 5 heteroatoms. The van der Waals surface area contributed by atoms with E-state index in [1.165, 1.54) is 47.5 Å². The third-order valence-corrected chi connectivity index (χ3v) is 11.7. The summed E-state index contributed by atoms with van der Waals surface area (Å²) in [4.78, 5) is 15.5. The third kappa shape index (κ3) is 5.55. The van der Waals surface area contributed by atoms with Crippen LogP contribution in [0.25, 0.3) is 104 Å². The molecular weight excluding hydrogens is 701 g/mol. The largest absolute Gasteiger partial charge is 0.277 e. The van der Waals surface area contributed by atoms with Crippen LogP contribution < -0.4 is 0 Å². The molecule has 0 saturated heterocycles. The molecule has 11 rings (SSSR count). The van der Waals surface area contributed by atoms with E-state index < -0.39 is 0 Å². The van der Waals surface area contributed by atoms with Crippen LogP contribution in [0.15, 0.2) is 182 Å². The number of para-hydroxylation sites is 1. The van der Waals surface area contributed by atoms with E-state index in [0.717, 1.165) is 38.7 Å². The number of nitrogens with zero attached hydrogens (tertiary/aromatic N) is 4. The fourth-order valence-electron chi connectivity index (χ4n) is 8.00. The predicted octanol–water partition coefficient (Wildman–Crippen LogP) is 14.2. The first-order valence-electron chi connectivity index (χ1n) is 19.1. The average Bonchev–Trinajstić information content (AvgIpc) is 3.84. The van der Waals surface area contributed by atoms with Gasteiger partial charge >= 0.3 is 0 Å². The van der Waals surface area contributed by atoms with Crippen LogP contribution in [-0.2, 0) is 0 Å². The van der Waals surface area contributed by atoms with Gasteiger partial charge in [0.25, 0.3) is 0 Å². The van der Waals surface area contributed by atoms with Crippen LogP contribution in [0.2, 0.25) is 0 Å². The molecule has 0 bridgehead atoms.